The first-order chi connectivity index (χ1) is 11.3. The number of rotatable bonds is 5. The second kappa shape index (κ2) is 7.69. The van der Waals surface area contributed by atoms with Crippen LogP contribution in [0.1, 0.15) is 6.92 Å². The molecule has 3 N–H and O–H groups in total. The van der Waals surface area contributed by atoms with Gasteiger partial charge in [-0.1, -0.05) is 23.2 Å². The van der Waals surface area contributed by atoms with Crippen molar-refractivity contribution < 1.29 is 13.2 Å². The normalized spacial score (nSPS) is 11.0. The zero-order chi connectivity index (χ0) is 17.7. The minimum Gasteiger partial charge on any atom is -0.354 e. The number of sulfonamides is 1. The van der Waals surface area contributed by atoms with Crippen LogP contribution in [0.5, 0.6) is 0 Å². The number of halogens is 2. The number of urea groups is 1. The van der Waals surface area contributed by atoms with Gasteiger partial charge < -0.3 is 10.6 Å². The van der Waals surface area contributed by atoms with Gasteiger partial charge in [0.15, 0.2) is 0 Å². The third kappa shape index (κ3) is 4.50. The average molecular weight is 389 g/mol. The summed E-state index contributed by atoms with van der Waals surface area (Å²) in [5, 5.41) is 5.97. The van der Waals surface area contributed by atoms with Gasteiger partial charge in [-0.3, -0.25) is 4.98 Å². The third-order valence-corrected chi connectivity index (χ3v) is 4.93. The fourth-order valence-electron chi connectivity index (χ4n) is 1.80. The molecule has 1 aromatic heterocycles. The highest BCUT2D eigenvalue weighted by atomic mass is 35.5. The molecule has 0 fully saturated rings. The van der Waals surface area contributed by atoms with Crippen molar-refractivity contribution in [2.75, 3.05) is 11.9 Å². The number of hydrogen-bond acceptors (Lipinski definition) is 5. The summed E-state index contributed by atoms with van der Waals surface area (Å²) in [5.74, 6) is 0. The molecule has 0 bridgehead atoms. The van der Waals surface area contributed by atoms with E-state index < -0.39 is 16.1 Å². The standard InChI is InChI=1S/C14H14Cl2N4O3S/c1-2-18-14(21)20-24(22,23)13-8-17-6-5-12(13)19-9-3-4-10(15)11(16)7-9/h3-8H,2H2,1H3,(H,17,19)(H2,18,20,21). The first kappa shape index (κ1) is 18.3. The summed E-state index contributed by atoms with van der Waals surface area (Å²) in [6.45, 7) is 1.97. The summed E-state index contributed by atoms with van der Waals surface area (Å²) in [6, 6.07) is 5.42. The van der Waals surface area contributed by atoms with E-state index in [4.69, 9.17) is 23.2 Å². The Morgan fingerprint density at radius 1 is 1.21 bits per heavy atom. The Bertz CT molecular complexity index is 859. The number of nitrogens with zero attached hydrogens (tertiary/aromatic N) is 1. The number of pyridine rings is 1. The number of carbonyl (C=O) groups excluding carboxylic acids is 1. The van der Waals surface area contributed by atoms with Crippen LogP contribution in [0.15, 0.2) is 41.6 Å². The molecular formula is C14H14Cl2N4O3S. The second-order valence-electron chi connectivity index (χ2n) is 4.59. The van der Waals surface area contributed by atoms with Crippen molar-refractivity contribution in [3.8, 4) is 0 Å². The molecule has 0 unspecified atom stereocenters. The van der Waals surface area contributed by atoms with Gasteiger partial charge in [0, 0.05) is 24.6 Å². The smallest absolute Gasteiger partial charge is 0.328 e. The van der Waals surface area contributed by atoms with Crippen molar-refractivity contribution in [3.63, 3.8) is 0 Å². The van der Waals surface area contributed by atoms with Gasteiger partial charge in [-0.05, 0) is 31.2 Å². The summed E-state index contributed by atoms with van der Waals surface area (Å²) in [6.07, 6.45) is 2.56. The summed E-state index contributed by atoms with van der Waals surface area (Å²) < 4.78 is 26.6. The van der Waals surface area contributed by atoms with Gasteiger partial charge in [0.25, 0.3) is 10.0 Å². The fraction of sp³-hybridized carbons (Fsp3) is 0.143. The Balaban J connectivity index is 2.33. The molecule has 0 aliphatic carbocycles. The third-order valence-electron chi connectivity index (χ3n) is 2.84. The van der Waals surface area contributed by atoms with Crippen molar-refractivity contribution >= 4 is 50.6 Å². The number of amides is 2. The van der Waals surface area contributed by atoms with E-state index in [1.54, 1.807) is 25.1 Å². The largest absolute Gasteiger partial charge is 0.354 e. The van der Waals surface area contributed by atoms with Crippen molar-refractivity contribution in [3.05, 3.63) is 46.7 Å². The summed E-state index contributed by atoms with van der Waals surface area (Å²) in [5.41, 5.74) is 0.769. The maximum absolute atomic E-state index is 12.4. The molecule has 7 nitrogen and oxygen atoms in total. The van der Waals surface area contributed by atoms with Crippen LogP contribution in [-0.4, -0.2) is 26.0 Å². The lowest BCUT2D eigenvalue weighted by atomic mass is 10.3. The molecule has 2 rings (SSSR count). The van der Waals surface area contributed by atoms with Crippen molar-refractivity contribution in [1.82, 2.24) is 15.0 Å². The van der Waals surface area contributed by atoms with E-state index in [1.165, 1.54) is 12.3 Å². The van der Waals surface area contributed by atoms with E-state index in [0.717, 1.165) is 6.20 Å². The Labute approximate surface area is 149 Å². The molecule has 0 saturated heterocycles. The van der Waals surface area contributed by atoms with E-state index in [2.05, 4.69) is 15.6 Å². The van der Waals surface area contributed by atoms with Crippen LogP contribution >= 0.6 is 23.2 Å². The Morgan fingerprint density at radius 2 is 1.96 bits per heavy atom. The summed E-state index contributed by atoms with van der Waals surface area (Å²) >= 11 is 11.8. The molecule has 0 spiro atoms. The van der Waals surface area contributed by atoms with Gasteiger partial charge >= 0.3 is 6.03 Å². The Morgan fingerprint density at radius 3 is 2.62 bits per heavy atom. The maximum Gasteiger partial charge on any atom is 0.328 e. The van der Waals surface area contributed by atoms with E-state index in [9.17, 15) is 13.2 Å². The molecule has 10 heteroatoms. The van der Waals surface area contributed by atoms with Gasteiger partial charge in [-0.15, -0.1) is 0 Å². The van der Waals surface area contributed by atoms with Crippen molar-refractivity contribution in [2.45, 2.75) is 11.8 Å². The van der Waals surface area contributed by atoms with E-state index in [-0.39, 0.29) is 10.6 Å². The van der Waals surface area contributed by atoms with Gasteiger partial charge in [0.1, 0.15) is 4.90 Å². The van der Waals surface area contributed by atoms with Crippen LogP contribution in [0, 0.1) is 0 Å². The highest BCUT2D eigenvalue weighted by Crippen LogP contribution is 2.29. The lowest BCUT2D eigenvalue weighted by Crippen LogP contribution is -2.39. The predicted molar refractivity (Wildman–Crippen MR) is 93.4 cm³/mol. The highest BCUT2D eigenvalue weighted by Gasteiger charge is 2.21. The van der Waals surface area contributed by atoms with Crippen LogP contribution in [0.4, 0.5) is 16.2 Å². The van der Waals surface area contributed by atoms with E-state index >= 15 is 0 Å². The Kier molecular flexibility index (Phi) is 5.87. The molecule has 0 aliphatic heterocycles. The number of carbonyl (C=O) groups is 1. The molecular weight excluding hydrogens is 375 g/mol. The molecule has 0 saturated carbocycles. The average Bonchev–Trinajstić information content (AvgIpc) is 2.51. The lowest BCUT2D eigenvalue weighted by molar-refractivity contribution is 0.246. The van der Waals surface area contributed by atoms with Gasteiger partial charge in [0.05, 0.1) is 15.7 Å². The number of aromatic nitrogens is 1. The monoisotopic (exact) mass is 388 g/mol. The number of anilines is 2. The first-order valence-corrected chi connectivity index (χ1v) is 9.04. The molecule has 0 radical (unpaired) electrons. The summed E-state index contributed by atoms with van der Waals surface area (Å²) in [4.78, 5) is 15.1. The molecule has 0 aliphatic rings. The fourth-order valence-corrected chi connectivity index (χ4v) is 3.13. The van der Waals surface area contributed by atoms with E-state index in [1.807, 2.05) is 4.72 Å². The molecule has 128 valence electrons. The molecule has 1 aromatic carbocycles. The quantitative estimate of drug-likeness (QED) is 0.730. The van der Waals surface area contributed by atoms with Crippen molar-refractivity contribution in [2.24, 2.45) is 0 Å². The lowest BCUT2D eigenvalue weighted by Gasteiger charge is -2.13. The second-order valence-corrected chi connectivity index (χ2v) is 7.06. The molecule has 0 atom stereocenters. The van der Waals surface area contributed by atoms with Crippen molar-refractivity contribution in [1.29, 1.82) is 0 Å². The highest BCUT2D eigenvalue weighted by molar-refractivity contribution is 7.90. The van der Waals surface area contributed by atoms with Gasteiger partial charge in [-0.2, -0.15) is 0 Å². The molecule has 2 amide bonds. The zero-order valence-corrected chi connectivity index (χ0v) is 14.8. The van der Waals surface area contributed by atoms with Gasteiger partial charge in [0.2, 0.25) is 0 Å². The maximum atomic E-state index is 12.4. The van der Waals surface area contributed by atoms with Crippen LogP contribution in [0.25, 0.3) is 0 Å². The first-order valence-electron chi connectivity index (χ1n) is 6.80. The number of hydrogen-bond donors (Lipinski definition) is 3. The van der Waals surface area contributed by atoms with Crippen LogP contribution in [0.3, 0.4) is 0 Å². The predicted octanol–water partition coefficient (Wildman–Crippen LogP) is 3.14. The van der Waals surface area contributed by atoms with E-state index in [0.29, 0.717) is 22.3 Å². The number of benzene rings is 1. The minimum atomic E-state index is -4.10. The van der Waals surface area contributed by atoms with Crippen LogP contribution in [0.2, 0.25) is 10.0 Å². The molecule has 24 heavy (non-hydrogen) atoms. The van der Waals surface area contributed by atoms with Crippen LogP contribution < -0.4 is 15.4 Å². The Hall–Kier alpha value is -2.03. The number of nitrogens with one attached hydrogen (secondary N) is 3. The summed E-state index contributed by atoms with van der Waals surface area (Å²) in [7, 11) is -4.10. The van der Waals surface area contributed by atoms with Crippen LogP contribution in [-0.2, 0) is 10.0 Å². The minimum absolute atomic E-state index is 0.178. The van der Waals surface area contributed by atoms with Gasteiger partial charge in [-0.25, -0.2) is 17.9 Å². The zero-order valence-electron chi connectivity index (χ0n) is 12.5. The molecule has 1 heterocycles. The topological polar surface area (TPSA) is 100 Å². The SMILES string of the molecule is CCNC(=O)NS(=O)(=O)c1cnccc1Nc1ccc(Cl)c(Cl)c1. The molecule has 2 aromatic rings.